The molecular weight excluding hydrogens is 256 g/mol. The molecule has 1 rings (SSSR count). The van der Waals surface area contributed by atoms with Gasteiger partial charge in [-0.15, -0.1) is 0 Å². The van der Waals surface area contributed by atoms with E-state index in [9.17, 15) is 4.79 Å². The van der Waals surface area contributed by atoms with Gasteiger partial charge in [-0.3, -0.25) is 4.79 Å². The van der Waals surface area contributed by atoms with Gasteiger partial charge in [-0.1, -0.05) is 6.92 Å². The van der Waals surface area contributed by atoms with Crippen LogP contribution in [0.2, 0.25) is 0 Å². The second kappa shape index (κ2) is 8.71. The molecule has 20 heavy (non-hydrogen) atoms. The third-order valence-corrected chi connectivity index (χ3v) is 3.36. The van der Waals surface area contributed by atoms with Gasteiger partial charge >= 0.3 is 0 Å². The highest BCUT2D eigenvalue weighted by molar-refractivity contribution is 5.41. The number of ether oxygens (including phenoxy) is 1. The highest BCUT2D eigenvalue weighted by atomic mass is 16.5. The Balaban J connectivity index is 2.57. The molecule has 1 unspecified atom stereocenters. The summed E-state index contributed by atoms with van der Waals surface area (Å²) in [6.07, 6.45) is 2.80. The van der Waals surface area contributed by atoms with Crippen LogP contribution in [0.5, 0.6) is 0 Å². The van der Waals surface area contributed by atoms with E-state index in [0.717, 1.165) is 25.2 Å². The summed E-state index contributed by atoms with van der Waals surface area (Å²) in [5.74, 6) is 0. The van der Waals surface area contributed by atoms with Gasteiger partial charge in [0.05, 0.1) is 25.0 Å². The van der Waals surface area contributed by atoms with Crippen molar-refractivity contribution in [3.05, 3.63) is 22.6 Å². The molecule has 0 saturated carbocycles. The lowest BCUT2D eigenvalue weighted by Gasteiger charge is -2.18. The van der Waals surface area contributed by atoms with Gasteiger partial charge in [0, 0.05) is 39.4 Å². The first-order valence-corrected chi connectivity index (χ1v) is 7.09. The highest BCUT2D eigenvalue weighted by Gasteiger charge is 2.05. The quantitative estimate of drug-likeness (QED) is 0.723. The molecular formula is C14H26N4O2. The monoisotopic (exact) mass is 282 g/mol. The van der Waals surface area contributed by atoms with Crippen molar-refractivity contribution in [1.82, 2.24) is 15.1 Å². The SMILES string of the molecule is CCC(C)NCCn1ncc(N(C)CCOC)cc1=O. The number of hydrogen-bond acceptors (Lipinski definition) is 5. The Kier molecular flexibility index (Phi) is 7.25. The summed E-state index contributed by atoms with van der Waals surface area (Å²) < 4.78 is 6.51. The molecule has 0 spiro atoms. The topological polar surface area (TPSA) is 59.4 Å². The van der Waals surface area contributed by atoms with E-state index in [1.165, 1.54) is 4.68 Å². The lowest BCUT2D eigenvalue weighted by atomic mass is 10.3. The first kappa shape index (κ1) is 16.7. The van der Waals surface area contributed by atoms with E-state index in [1.54, 1.807) is 19.4 Å². The Morgan fingerprint density at radius 2 is 2.30 bits per heavy atom. The molecule has 0 saturated heterocycles. The van der Waals surface area contributed by atoms with Crippen LogP contribution in [0.4, 0.5) is 5.69 Å². The zero-order valence-electron chi connectivity index (χ0n) is 12.9. The minimum absolute atomic E-state index is 0.0716. The fraction of sp³-hybridized carbons (Fsp3) is 0.714. The van der Waals surface area contributed by atoms with Gasteiger partial charge < -0.3 is 15.0 Å². The number of nitrogens with one attached hydrogen (secondary N) is 1. The summed E-state index contributed by atoms with van der Waals surface area (Å²) in [5.41, 5.74) is 0.746. The molecule has 0 bridgehead atoms. The average molecular weight is 282 g/mol. The van der Waals surface area contributed by atoms with E-state index in [2.05, 4.69) is 24.3 Å². The van der Waals surface area contributed by atoms with Gasteiger partial charge in [-0.05, 0) is 13.3 Å². The maximum absolute atomic E-state index is 12.0. The number of aromatic nitrogens is 2. The molecule has 0 amide bonds. The van der Waals surface area contributed by atoms with E-state index in [0.29, 0.717) is 19.2 Å². The fourth-order valence-electron chi connectivity index (χ4n) is 1.72. The van der Waals surface area contributed by atoms with Crippen molar-refractivity contribution in [3.8, 4) is 0 Å². The highest BCUT2D eigenvalue weighted by Crippen LogP contribution is 2.05. The van der Waals surface area contributed by atoms with Crippen LogP contribution in [0.15, 0.2) is 17.1 Å². The first-order valence-electron chi connectivity index (χ1n) is 7.09. The molecule has 1 aromatic heterocycles. The summed E-state index contributed by atoms with van der Waals surface area (Å²) in [5, 5.41) is 7.56. The van der Waals surface area contributed by atoms with Crippen LogP contribution in [-0.2, 0) is 11.3 Å². The molecule has 1 aromatic rings. The molecule has 0 aliphatic carbocycles. The summed E-state index contributed by atoms with van der Waals surface area (Å²) in [7, 11) is 3.58. The van der Waals surface area contributed by atoms with Crippen molar-refractivity contribution in [2.45, 2.75) is 32.9 Å². The lowest BCUT2D eigenvalue weighted by molar-refractivity contribution is 0.206. The lowest BCUT2D eigenvalue weighted by Crippen LogP contribution is -2.33. The second-order valence-electron chi connectivity index (χ2n) is 4.95. The molecule has 0 aromatic carbocycles. The van der Waals surface area contributed by atoms with Gasteiger partial charge in [0.25, 0.3) is 5.56 Å². The van der Waals surface area contributed by atoms with Crippen molar-refractivity contribution >= 4 is 5.69 Å². The van der Waals surface area contributed by atoms with Gasteiger partial charge in [0.1, 0.15) is 0 Å². The molecule has 6 heteroatoms. The molecule has 1 atom stereocenters. The largest absolute Gasteiger partial charge is 0.383 e. The minimum atomic E-state index is -0.0716. The molecule has 0 radical (unpaired) electrons. The van der Waals surface area contributed by atoms with Crippen LogP contribution in [0.1, 0.15) is 20.3 Å². The zero-order chi connectivity index (χ0) is 15.0. The Morgan fingerprint density at radius 1 is 1.55 bits per heavy atom. The number of anilines is 1. The second-order valence-corrected chi connectivity index (χ2v) is 4.95. The number of hydrogen-bond donors (Lipinski definition) is 1. The summed E-state index contributed by atoms with van der Waals surface area (Å²) in [6, 6.07) is 2.08. The van der Waals surface area contributed by atoms with Crippen LogP contribution in [0, 0.1) is 0 Å². The van der Waals surface area contributed by atoms with E-state index in [4.69, 9.17) is 4.74 Å². The maximum atomic E-state index is 12.0. The maximum Gasteiger partial charge on any atom is 0.268 e. The van der Waals surface area contributed by atoms with Crippen LogP contribution in [0.25, 0.3) is 0 Å². The molecule has 0 aliphatic heterocycles. The minimum Gasteiger partial charge on any atom is -0.383 e. The van der Waals surface area contributed by atoms with E-state index in [1.807, 2.05) is 11.9 Å². The van der Waals surface area contributed by atoms with E-state index in [-0.39, 0.29) is 5.56 Å². The Morgan fingerprint density at radius 3 is 2.90 bits per heavy atom. The van der Waals surface area contributed by atoms with Crippen LogP contribution < -0.4 is 15.8 Å². The van der Waals surface area contributed by atoms with Crippen molar-refractivity contribution < 1.29 is 4.74 Å². The van der Waals surface area contributed by atoms with Gasteiger partial charge in [0.15, 0.2) is 0 Å². The predicted molar refractivity (Wildman–Crippen MR) is 81.4 cm³/mol. The van der Waals surface area contributed by atoms with Crippen molar-refractivity contribution in [3.63, 3.8) is 0 Å². The number of likely N-dealkylation sites (N-methyl/N-ethyl adjacent to an activating group) is 1. The molecule has 0 aliphatic rings. The van der Waals surface area contributed by atoms with Crippen molar-refractivity contribution in [1.29, 1.82) is 0 Å². The fourth-order valence-corrected chi connectivity index (χ4v) is 1.72. The molecule has 1 N–H and O–H groups in total. The van der Waals surface area contributed by atoms with Crippen molar-refractivity contribution in [2.75, 3.05) is 38.8 Å². The average Bonchev–Trinajstić information content (AvgIpc) is 2.46. The summed E-state index contributed by atoms with van der Waals surface area (Å²) >= 11 is 0. The Labute approximate surface area is 120 Å². The Hall–Kier alpha value is -1.40. The predicted octanol–water partition coefficient (Wildman–Crippen LogP) is 0.714. The number of rotatable bonds is 9. The summed E-state index contributed by atoms with van der Waals surface area (Å²) in [6.45, 7) is 6.96. The first-order chi connectivity index (χ1) is 9.58. The number of methoxy groups -OCH3 is 1. The normalized spacial score (nSPS) is 12.4. The molecule has 0 fully saturated rings. The molecule has 1 heterocycles. The van der Waals surface area contributed by atoms with Gasteiger partial charge in [-0.2, -0.15) is 5.10 Å². The standard InChI is InChI=1S/C14H26N4O2/c1-5-12(2)15-6-7-18-14(19)10-13(11-16-18)17(3)8-9-20-4/h10-12,15H,5-9H2,1-4H3. The molecule has 114 valence electrons. The molecule has 6 nitrogen and oxygen atoms in total. The van der Waals surface area contributed by atoms with Crippen molar-refractivity contribution in [2.24, 2.45) is 0 Å². The third-order valence-electron chi connectivity index (χ3n) is 3.36. The van der Waals surface area contributed by atoms with Gasteiger partial charge in [-0.25, -0.2) is 4.68 Å². The number of nitrogens with zero attached hydrogens (tertiary/aromatic N) is 3. The third kappa shape index (κ3) is 5.30. The van der Waals surface area contributed by atoms with Gasteiger partial charge in [0.2, 0.25) is 0 Å². The Bertz CT molecular complexity index is 447. The van der Waals surface area contributed by atoms with Crippen LogP contribution >= 0.6 is 0 Å². The smallest absolute Gasteiger partial charge is 0.268 e. The van der Waals surface area contributed by atoms with Crippen LogP contribution in [0.3, 0.4) is 0 Å². The zero-order valence-corrected chi connectivity index (χ0v) is 12.9. The van der Waals surface area contributed by atoms with E-state index >= 15 is 0 Å². The van der Waals surface area contributed by atoms with Crippen LogP contribution in [-0.4, -0.2) is 49.7 Å². The van der Waals surface area contributed by atoms with E-state index < -0.39 is 0 Å². The summed E-state index contributed by atoms with van der Waals surface area (Å²) in [4.78, 5) is 13.9.